The van der Waals surface area contributed by atoms with Crippen LogP contribution in [0, 0.1) is 34.0 Å². The molecule has 3 rings (SSSR count). The highest BCUT2D eigenvalue weighted by atomic mass is 16.5. The lowest BCUT2D eigenvalue weighted by atomic mass is 9.68. The molecule has 22 heavy (non-hydrogen) atoms. The van der Waals surface area contributed by atoms with Crippen LogP contribution in [0.15, 0.2) is 55.1 Å². The summed E-state index contributed by atoms with van der Waals surface area (Å²) in [5.41, 5.74) is -0.351. The maximum absolute atomic E-state index is 9.69. The van der Waals surface area contributed by atoms with Crippen molar-refractivity contribution in [3.8, 4) is 12.1 Å². The van der Waals surface area contributed by atoms with E-state index in [4.69, 9.17) is 4.74 Å². The number of benzene rings is 2. The van der Waals surface area contributed by atoms with E-state index < -0.39 is 11.5 Å². The molecule has 2 atom stereocenters. The Hall–Kier alpha value is -2.62. The molecule has 0 aromatic heterocycles. The molecule has 1 fully saturated rings. The Morgan fingerprint density at radius 3 is 2.55 bits per heavy atom. The molecule has 2 aromatic rings. The predicted molar refractivity (Wildman–Crippen MR) is 84.6 cm³/mol. The first-order valence-corrected chi connectivity index (χ1v) is 7.30. The summed E-state index contributed by atoms with van der Waals surface area (Å²) in [7, 11) is 0. The summed E-state index contributed by atoms with van der Waals surface area (Å²) in [6, 6.07) is 18.4. The van der Waals surface area contributed by atoms with Crippen molar-refractivity contribution in [2.45, 2.75) is 12.5 Å². The van der Waals surface area contributed by atoms with Gasteiger partial charge in [-0.15, -0.1) is 6.58 Å². The molecule has 0 bridgehead atoms. The Balaban J connectivity index is 2.12. The third kappa shape index (κ3) is 2.08. The third-order valence-corrected chi connectivity index (χ3v) is 4.44. The Morgan fingerprint density at radius 1 is 1.14 bits per heavy atom. The van der Waals surface area contributed by atoms with Gasteiger partial charge in [0.25, 0.3) is 0 Å². The molecule has 0 aliphatic carbocycles. The smallest absolute Gasteiger partial charge is 0.180 e. The second-order valence-electron chi connectivity index (χ2n) is 5.58. The molecule has 0 amide bonds. The zero-order chi connectivity index (χ0) is 15.6. The summed E-state index contributed by atoms with van der Waals surface area (Å²) < 4.78 is 5.85. The fraction of sp³-hybridized carbons (Fsp3) is 0.263. The van der Waals surface area contributed by atoms with Crippen molar-refractivity contribution in [1.82, 2.24) is 0 Å². The van der Waals surface area contributed by atoms with E-state index in [0.29, 0.717) is 13.0 Å². The lowest BCUT2D eigenvalue weighted by Crippen LogP contribution is -2.39. The third-order valence-electron chi connectivity index (χ3n) is 4.44. The zero-order valence-electron chi connectivity index (χ0n) is 12.2. The van der Waals surface area contributed by atoms with Gasteiger partial charge in [0.1, 0.15) is 6.10 Å². The molecule has 1 heterocycles. The molecule has 0 saturated carbocycles. The Morgan fingerprint density at radius 2 is 1.86 bits per heavy atom. The summed E-state index contributed by atoms with van der Waals surface area (Å²) in [5, 5.41) is 21.6. The summed E-state index contributed by atoms with van der Waals surface area (Å²) in [4.78, 5) is 0. The monoisotopic (exact) mass is 288 g/mol. The fourth-order valence-electron chi connectivity index (χ4n) is 3.21. The van der Waals surface area contributed by atoms with Crippen molar-refractivity contribution in [3.05, 3.63) is 60.7 Å². The zero-order valence-corrected chi connectivity index (χ0v) is 12.2. The van der Waals surface area contributed by atoms with Crippen LogP contribution >= 0.6 is 0 Å². The van der Waals surface area contributed by atoms with Gasteiger partial charge in [-0.3, -0.25) is 0 Å². The molecular formula is C19H16N2O. The van der Waals surface area contributed by atoms with Crippen LogP contribution in [0.25, 0.3) is 10.8 Å². The SMILES string of the molecule is C=C[C@H]1CCO[C@@H](c2ccc3ccccc3c2)C1(C#N)C#N. The van der Waals surface area contributed by atoms with Crippen LogP contribution < -0.4 is 0 Å². The molecule has 0 radical (unpaired) electrons. The summed E-state index contributed by atoms with van der Waals surface area (Å²) in [5.74, 6) is -0.187. The number of hydrogen-bond donors (Lipinski definition) is 0. The van der Waals surface area contributed by atoms with E-state index >= 15 is 0 Å². The van der Waals surface area contributed by atoms with Crippen LogP contribution in [0.3, 0.4) is 0 Å². The minimum atomic E-state index is -1.22. The van der Waals surface area contributed by atoms with E-state index in [1.807, 2.05) is 42.5 Å². The highest BCUT2D eigenvalue weighted by Crippen LogP contribution is 2.48. The van der Waals surface area contributed by atoms with Gasteiger partial charge in [-0.25, -0.2) is 0 Å². The van der Waals surface area contributed by atoms with Gasteiger partial charge in [0.2, 0.25) is 0 Å². The van der Waals surface area contributed by atoms with Gasteiger partial charge in [0.15, 0.2) is 5.41 Å². The van der Waals surface area contributed by atoms with E-state index in [0.717, 1.165) is 16.3 Å². The van der Waals surface area contributed by atoms with Crippen LogP contribution in [-0.2, 0) is 4.74 Å². The number of hydrogen-bond acceptors (Lipinski definition) is 3. The van der Waals surface area contributed by atoms with Gasteiger partial charge >= 0.3 is 0 Å². The highest BCUT2D eigenvalue weighted by Gasteiger charge is 2.49. The van der Waals surface area contributed by atoms with Crippen molar-refractivity contribution in [2.75, 3.05) is 6.61 Å². The van der Waals surface area contributed by atoms with Crippen molar-refractivity contribution < 1.29 is 4.74 Å². The molecular weight excluding hydrogens is 272 g/mol. The average Bonchev–Trinajstić information content (AvgIpc) is 2.60. The number of allylic oxidation sites excluding steroid dienone is 1. The number of ether oxygens (including phenoxy) is 1. The second-order valence-corrected chi connectivity index (χ2v) is 5.58. The maximum Gasteiger partial charge on any atom is 0.180 e. The van der Waals surface area contributed by atoms with E-state index in [1.54, 1.807) is 6.08 Å². The van der Waals surface area contributed by atoms with Gasteiger partial charge in [-0.1, -0.05) is 42.5 Å². The first kappa shape index (κ1) is 14.3. The fourth-order valence-corrected chi connectivity index (χ4v) is 3.21. The minimum absolute atomic E-state index is 0.187. The molecule has 108 valence electrons. The van der Waals surface area contributed by atoms with Crippen molar-refractivity contribution >= 4 is 10.8 Å². The number of nitrogens with zero attached hydrogens (tertiary/aromatic N) is 2. The van der Waals surface area contributed by atoms with Crippen molar-refractivity contribution in [1.29, 1.82) is 10.5 Å². The summed E-state index contributed by atoms with van der Waals surface area (Å²) in [6.45, 7) is 4.32. The Bertz CT molecular complexity index is 783. The van der Waals surface area contributed by atoms with Crippen LogP contribution in [0.4, 0.5) is 0 Å². The summed E-state index contributed by atoms with van der Waals surface area (Å²) >= 11 is 0. The molecule has 2 aromatic carbocycles. The molecule has 0 unspecified atom stereocenters. The number of nitriles is 2. The minimum Gasteiger partial charge on any atom is -0.371 e. The Kier molecular flexibility index (Phi) is 3.67. The van der Waals surface area contributed by atoms with Crippen LogP contribution in [-0.4, -0.2) is 6.61 Å². The van der Waals surface area contributed by atoms with Gasteiger partial charge in [0, 0.05) is 12.5 Å². The topological polar surface area (TPSA) is 56.8 Å². The summed E-state index contributed by atoms with van der Waals surface area (Å²) in [6.07, 6.45) is 1.81. The van der Waals surface area contributed by atoms with E-state index in [-0.39, 0.29) is 5.92 Å². The van der Waals surface area contributed by atoms with Gasteiger partial charge in [-0.05, 0) is 28.8 Å². The highest BCUT2D eigenvalue weighted by molar-refractivity contribution is 5.83. The molecule has 3 heteroatoms. The largest absolute Gasteiger partial charge is 0.371 e. The van der Waals surface area contributed by atoms with Gasteiger partial charge in [-0.2, -0.15) is 10.5 Å². The molecule has 1 saturated heterocycles. The molecule has 0 spiro atoms. The van der Waals surface area contributed by atoms with Crippen LogP contribution in [0.5, 0.6) is 0 Å². The van der Waals surface area contributed by atoms with Crippen molar-refractivity contribution in [3.63, 3.8) is 0 Å². The first-order valence-electron chi connectivity index (χ1n) is 7.30. The average molecular weight is 288 g/mol. The molecule has 1 aliphatic heterocycles. The molecule has 1 aliphatic rings. The van der Waals surface area contributed by atoms with Crippen molar-refractivity contribution in [2.24, 2.45) is 11.3 Å². The van der Waals surface area contributed by atoms with Gasteiger partial charge < -0.3 is 4.74 Å². The lowest BCUT2D eigenvalue weighted by Gasteiger charge is -2.39. The van der Waals surface area contributed by atoms with E-state index in [9.17, 15) is 10.5 Å². The number of rotatable bonds is 2. The molecule has 0 N–H and O–H groups in total. The van der Waals surface area contributed by atoms with Gasteiger partial charge in [0.05, 0.1) is 12.1 Å². The quantitative estimate of drug-likeness (QED) is 0.780. The molecule has 3 nitrogen and oxygen atoms in total. The maximum atomic E-state index is 9.69. The Labute approximate surface area is 130 Å². The standard InChI is InChI=1S/C19H16N2O/c1-2-17-9-10-22-18(19(17,12-20)13-21)16-8-7-14-5-3-4-6-15(14)11-16/h2-8,11,17-18H,1,9-10H2/t17-,18-/m0/s1. The van der Waals surface area contributed by atoms with E-state index in [1.165, 1.54) is 0 Å². The number of fused-ring (bicyclic) bond motifs is 1. The van der Waals surface area contributed by atoms with Crippen LogP contribution in [0.2, 0.25) is 0 Å². The first-order chi connectivity index (χ1) is 10.7. The normalized spacial score (nSPS) is 23.4. The lowest BCUT2D eigenvalue weighted by molar-refractivity contribution is -0.0576. The van der Waals surface area contributed by atoms with E-state index in [2.05, 4.69) is 18.7 Å². The predicted octanol–water partition coefficient (Wildman–Crippen LogP) is 4.14. The van der Waals surface area contributed by atoms with Crippen LogP contribution in [0.1, 0.15) is 18.1 Å². The second kappa shape index (κ2) is 5.64.